The third kappa shape index (κ3) is 5.32. The fraction of sp³-hybridized carbons (Fsp3) is 0.273. The highest BCUT2D eigenvalue weighted by Crippen LogP contribution is 2.31. The Bertz CT molecular complexity index is 474. The van der Waals surface area contributed by atoms with Crippen LogP contribution in [0.2, 0.25) is 10.0 Å². The number of carboxylic acid groups (broad SMARTS) is 1. The van der Waals surface area contributed by atoms with Crippen LogP contribution < -0.4 is 10.6 Å². The SMILES string of the molecule is O=C(O)CCCNC(=O)Nc1c(Cl)cc(F)cc1Cl. The van der Waals surface area contributed by atoms with Crippen LogP contribution in [0, 0.1) is 5.82 Å². The Kier molecular flexibility index (Phi) is 5.85. The van der Waals surface area contributed by atoms with Gasteiger partial charge in [0.15, 0.2) is 0 Å². The molecule has 1 rings (SSSR count). The number of amides is 2. The molecule has 1 aromatic rings. The zero-order valence-electron chi connectivity index (χ0n) is 9.67. The molecule has 0 aliphatic carbocycles. The van der Waals surface area contributed by atoms with Crippen LogP contribution in [0.15, 0.2) is 12.1 Å². The van der Waals surface area contributed by atoms with Gasteiger partial charge in [-0.1, -0.05) is 23.2 Å². The first kappa shape index (κ1) is 15.5. The average Bonchev–Trinajstić information content (AvgIpc) is 2.29. The maximum Gasteiger partial charge on any atom is 0.319 e. The lowest BCUT2D eigenvalue weighted by molar-refractivity contribution is -0.137. The summed E-state index contributed by atoms with van der Waals surface area (Å²) in [5.74, 6) is -1.55. The molecule has 104 valence electrons. The van der Waals surface area contributed by atoms with Crippen LogP contribution in [0.1, 0.15) is 12.8 Å². The van der Waals surface area contributed by atoms with Crippen molar-refractivity contribution in [3.05, 3.63) is 28.0 Å². The summed E-state index contributed by atoms with van der Waals surface area (Å²) < 4.78 is 12.9. The van der Waals surface area contributed by atoms with E-state index in [1.54, 1.807) is 0 Å². The number of benzene rings is 1. The van der Waals surface area contributed by atoms with Gasteiger partial charge in [-0.3, -0.25) is 4.79 Å². The van der Waals surface area contributed by atoms with E-state index < -0.39 is 17.8 Å². The second kappa shape index (κ2) is 7.16. The summed E-state index contributed by atoms with van der Waals surface area (Å²) in [5, 5.41) is 13.2. The van der Waals surface area contributed by atoms with Crippen molar-refractivity contribution >= 4 is 40.9 Å². The van der Waals surface area contributed by atoms with Gasteiger partial charge in [-0.05, 0) is 18.6 Å². The molecule has 3 N–H and O–H groups in total. The zero-order chi connectivity index (χ0) is 14.4. The molecule has 0 radical (unpaired) electrons. The van der Waals surface area contributed by atoms with Crippen molar-refractivity contribution in [2.45, 2.75) is 12.8 Å². The van der Waals surface area contributed by atoms with E-state index in [4.69, 9.17) is 28.3 Å². The molecule has 19 heavy (non-hydrogen) atoms. The summed E-state index contributed by atoms with van der Waals surface area (Å²) in [4.78, 5) is 21.7. The Morgan fingerprint density at radius 2 is 1.84 bits per heavy atom. The predicted molar refractivity (Wildman–Crippen MR) is 70.3 cm³/mol. The molecule has 2 amide bonds. The molecule has 0 unspecified atom stereocenters. The normalized spacial score (nSPS) is 10.1. The number of carbonyl (C=O) groups is 2. The molecule has 0 bridgehead atoms. The molecule has 0 atom stereocenters. The van der Waals surface area contributed by atoms with Crippen LogP contribution in [0.5, 0.6) is 0 Å². The van der Waals surface area contributed by atoms with Crippen LogP contribution in [0.3, 0.4) is 0 Å². The van der Waals surface area contributed by atoms with Gasteiger partial charge in [-0.25, -0.2) is 9.18 Å². The number of rotatable bonds is 5. The highest BCUT2D eigenvalue weighted by Gasteiger charge is 2.11. The highest BCUT2D eigenvalue weighted by atomic mass is 35.5. The minimum Gasteiger partial charge on any atom is -0.481 e. The molecular weight excluding hydrogens is 298 g/mol. The van der Waals surface area contributed by atoms with Crippen LogP contribution >= 0.6 is 23.2 Å². The monoisotopic (exact) mass is 308 g/mol. The van der Waals surface area contributed by atoms with Gasteiger partial charge in [-0.15, -0.1) is 0 Å². The Morgan fingerprint density at radius 1 is 1.26 bits per heavy atom. The van der Waals surface area contributed by atoms with Gasteiger partial charge < -0.3 is 15.7 Å². The summed E-state index contributed by atoms with van der Waals surface area (Å²) in [7, 11) is 0. The lowest BCUT2D eigenvalue weighted by atomic mass is 10.3. The minimum atomic E-state index is -0.938. The zero-order valence-corrected chi connectivity index (χ0v) is 11.2. The number of anilines is 1. The van der Waals surface area contributed by atoms with Gasteiger partial charge in [-0.2, -0.15) is 0 Å². The van der Waals surface area contributed by atoms with Gasteiger partial charge in [0.25, 0.3) is 0 Å². The van der Waals surface area contributed by atoms with Crippen LogP contribution in [0.4, 0.5) is 14.9 Å². The minimum absolute atomic E-state index is 0.0225. The maximum absolute atomic E-state index is 12.9. The highest BCUT2D eigenvalue weighted by molar-refractivity contribution is 6.39. The largest absolute Gasteiger partial charge is 0.481 e. The van der Waals surface area contributed by atoms with Crippen molar-refractivity contribution in [3.8, 4) is 0 Å². The number of carboxylic acids is 1. The van der Waals surface area contributed by atoms with Gasteiger partial charge in [0, 0.05) is 13.0 Å². The first-order chi connectivity index (χ1) is 8.90. The predicted octanol–water partition coefficient (Wildman–Crippen LogP) is 3.12. The number of hydrogen-bond donors (Lipinski definition) is 3. The van der Waals surface area contributed by atoms with Gasteiger partial charge in [0.2, 0.25) is 0 Å². The van der Waals surface area contributed by atoms with E-state index in [0.29, 0.717) is 6.42 Å². The summed E-state index contributed by atoms with van der Waals surface area (Å²) in [6, 6.07) is 1.45. The summed E-state index contributed by atoms with van der Waals surface area (Å²) in [6.45, 7) is 0.189. The second-order valence-electron chi connectivity index (χ2n) is 3.62. The Labute approximate surface area is 118 Å². The number of urea groups is 1. The molecule has 0 aliphatic heterocycles. The molecule has 0 heterocycles. The number of halogens is 3. The molecule has 5 nitrogen and oxygen atoms in total. The smallest absolute Gasteiger partial charge is 0.319 e. The van der Waals surface area contributed by atoms with Crippen molar-refractivity contribution in [3.63, 3.8) is 0 Å². The molecule has 0 saturated carbocycles. The molecule has 0 saturated heterocycles. The van der Waals surface area contributed by atoms with Crippen LogP contribution in [-0.2, 0) is 4.79 Å². The first-order valence-corrected chi connectivity index (χ1v) is 6.07. The molecule has 0 spiro atoms. The van der Waals surface area contributed by atoms with Crippen LogP contribution in [0.25, 0.3) is 0 Å². The molecular formula is C11H11Cl2FN2O3. The number of hydrogen-bond acceptors (Lipinski definition) is 2. The van der Waals surface area contributed by atoms with Crippen molar-refractivity contribution in [1.29, 1.82) is 0 Å². The molecule has 0 fully saturated rings. The summed E-state index contributed by atoms with van der Waals surface area (Å²) >= 11 is 11.5. The lowest BCUT2D eigenvalue weighted by Crippen LogP contribution is -2.30. The Hall–Kier alpha value is -1.53. The van der Waals surface area contributed by atoms with Crippen molar-refractivity contribution in [2.24, 2.45) is 0 Å². The second-order valence-corrected chi connectivity index (χ2v) is 4.44. The van der Waals surface area contributed by atoms with E-state index in [1.165, 1.54) is 0 Å². The van der Waals surface area contributed by atoms with Crippen molar-refractivity contribution < 1.29 is 19.1 Å². The van der Waals surface area contributed by atoms with E-state index in [2.05, 4.69) is 10.6 Å². The van der Waals surface area contributed by atoms with Gasteiger partial charge in [0.1, 0.15) is 5.82 Å². The fourth-order valence-corrected chi connectivity index (χ4v) is 1.82. The van der Waals surface area contributed by atoms with Crippen molar-refractivity contribution in [1.82, 2.24) is 5.32 Å². The van der Waals surface area contributed by atoms with Crippen molar-refractivity contribution in [2.75, 3.05) is 11.9 Å². The van der Waals surface area contributed by atoms with E-state index >= 15 is 0 Å². The topological polar surface area (TPSA) is 78.4 Å². The van der Waals surface area contributed by atoms with Gasteiger partial charge >= 0.3 is 12.0 Å². The van der Waals surface area contributed by atoms with E-state index in [-0.39, 0.29) is 28.7 Å². The van der Waals surface area contributed by atoms with E-state index in [9.17, 15) is 14.0 Å². The average molecular weight is 309 g/mol. The maximum atomic E-state index is 12.9. The molecule has 0 aliphatic rings. The summed E-state index contributed by atoms with van der Waals surface area (Å²) in [6.07, 6.45) is 0.256. The number of nitrogens with one attached hydrogen (secondary N) is 2. The quantitative estimate of drug-likeness (QED) is 0.731. The Balaban J connectivity index is 2.51. The fourth-order valence-electron chi connectivity index (χ4n) is 1.26. The van der Waals surface area contributed by atoms with Gasteiger partial charge in [0.05, 0.1) is 15.7 Å². The number of aliphatic carboxylic acids is 1. The number of carbonyl (C=O) groups excluding carboxylic acids is 1. The standard InChI is InChI=1S/C11H11Cl2FN2O3/c12-7-4-6(14)5-8(13)10(7)16-11(19)15-3-1-2-9(17)18/h4-5H,1-3H2,(H,17,18)(H2,15,16,19). The van der Waals surface area contributed by atoms with E-state index in [0.717, 1.165) is 12.1 Å². The third-order valence-corrected chi connectivity index (χ3v) is 2.69. The molecule has 8 heteroatoms. The first-order valence-electron chi connectivity index (χ1n) is 5.31. The molecule has 1 aromatic carbocycles. The Morgan fingerprint density at radius 3 is 2.37 bits per heavy atom. The van der Waals surface area contributed by atoms with Crippen LogP contribution in [-0.4, -0.2) is 23.7 Å². The summed E-state index contributed by atoms with van der Waals surface area (Å²) in [5.41, 5.74) is 0.0977. The van der Waals surface area contributed by atoms with E-state index in [1.807, 2.05) is 0 Å². The molecule has 0 aromatic heterocycles. The lowest BCUT2D eigenvalue weighted by Gasteiger charge is -2.10. The third-order valence-electron chi connectivity index (χ3n) is 2.10.